The summed E-state index contributed by atoms with van der Waals surface area (Å²) in [6, 6.07) is 14.8. The topological polar surface area (TPSA) is 42.2 Å². The molecule has 0 aliphatic carbocycles. The third-order valence-electron chi connectivity index (χ3n) is 2.35. The number of rotatable bonds is 3. The first-order valence-corrected chi connectivity index (χ1v) is 6.32. The van der Waals surface area contributed by atoms with E-state index in [-0.39, 0.29) is 0 Å². The van der Waals surface area contributed by atoms with Crippen molar-refractivity contribution in [1.82, 2.24) is 0 Å². The Bertz CT molecular complexity index is 588. The zero-order valence-corrected chi connectivity index (χ0v) is 11.8. The van der Waals surface area contributed by atoms with Gasteiger partial charge in [0.2, 0.25) is 0 Å². The highest BCUT2D eigenvalue weighted by Gasteiger charge is 2.06. The summed E-state index contributed by atoms with van der Waals surface area (Å²) in [7, 11) is 1.58. The smallest absolute Gasteiger partial charge is 0.148 e. The van der Waals surface area contributed by atoms with Crippen LogP contribution >= 0.6 is 22.6 Å². The van der Waals surface area contributed by atoms with Crippen LogP contribution in [-0.4, -0.2) is 7.11 Å². The minimum absolute atomic E-state index is 0.481. The van der Waals surface area contributed by atoms with E-state index in [2.05, 4.69) is 28.7 Å². The van der Waals surface area contributed by atoms with Crippen LogP contribution in [0.4, 0.5) is 0 Å². The summed E-state index contributed by atoms with van der Waals surface area (Å²) in [4.78, 5) is 0. The van der Waals surface area contributed by atoms with Gasteiger partial charge in [0, 0.05) is 9.64 Å². The van der Waals surface area contributed by atoms with Gasteiger partial charge in [-0.2, -0.15) is 5.26 Å². The van der Waals surface area contributed by atoms with Crippen LogP contribution in [-0.2, 0) is 0 Å². The van der Waals surface area contributed by atoms with E-state index in [4.69, 9.17) is 14.7 Å². The molecule has 3 nitrogen and oxygen atoms in total. The minimum atomic E-state index is 0.481. The molecule has 0 amide bonds. The summed E-state index contributed by atoms with van der Waals surface area (Å²) < 4.78 is 11.9. The van der Waals surface area contributed by atoms with E-state index < -0.39 is 0 Å². The van der Waals surface area contributed by atoms with Crippen molar-refractivity contribution < 1.29 is 9.47 Å². The molecule has 0 saturated carbocycles. The Morgan fingerprint density at radius 2 is 1.72 bits per heavy atom. The van der Waals surface area contributed by atoms with E-state index in [9.17, 15) is 0 Å². The maximum atomic E-state index is 9.03. The minimum Gasteiger partial charge on any atom is -0.497 e. The average molecular weight is 351 g/mol. The molecule has 0 aromatic heterocycles. The normalized spacial score (nSPS) is 9.61. The Labute approximate surface area is 119 Å². The predicted octanol–water partition coefficient (Wildman–Crippen LogP) is 3.96. The van der Waals surface area contributed by atoms with Crippen molar-refractivity contribution in [2.75, 3.05) is 7.11 Å². The second kappa shape index (κ2) is 5.74. The molecule has 0 saturated heterocycles. The van der Waals surface area contributed by atoms with Gasteiger partial charge in [-0.05, 0) is 59.0 Å². The highest BCUT2D eigenvalue weighted by molar-refractivity contribution is 14.1. The number of hydrogen-bond acceptors (Lipinski definition) is 3. The lowest BCUT2D eigenvalue weighted by Crippen LogP contribution is -1.90. The van der Waals surface area contributed by atoms with Crippen molar-refractivity contribution in [2.24, 2.45) is 0 Å². The summed E-state index contributed by atoms with van der Waals surface area (Å²) in [6.45, 7) is 0. The fraction of sp³-hybridized carbons (Fsp3) is 0.0714. The van der Waals surface area contributed by atoms with E-state index in [1.54, 1.807) is 25.3 Å². The Morgan fingerprint density at radius 3 is 2.33 bits per heavy atom. The summed E-state index contributed by atoms with van der Waals surface area (Å²) in [6.07, 6.45) is 0. The number of nitrogens with zero attached hydrogens (tertiary/aromatic N) is 1. The Morgan fingerprint density at radius 1 is 1.06 bits per heavy atom. The molecule has 0 N–H and O–H groups in total. The van der Waals surface area contributed by atoms with E-state index in [1.165, 1.54) is 0 Å². The van der Waals surface area contributed by atoms with Gasteiger partial charge in [0.15, 0.2) is 0 Å². The number of benzene rings is 2. The van der Waals surface area contributed by atoms with Crippen molar-refractivity contribution in [3.8, 4) is 23.3 Å². The lowest BCUT2D eigenvalue weighted by Gasteiger charge is -2.09. The number of hydrogen-bond donors (Lipinski definition) is 0. The molecule has 2 aromatic rings. The third-order valence-corrected chi connectivity index (χ3v) is 3.07. The van der Waals surface area contributed by atoms with Crippen LogP contribution in [0.25, 0.3) is 0 Å². The summed E-state index contributed by atoms with van der Waals surface area (Å²) >= 11 is 2.22. The quantitative estimate of drug-likeness (QED) is 0.786. The van der Waals surface area contributed by atoms with Crippen LogP contribution in [0.5, 0.6) is 17.2 Å². The number of halogens is 1. The fourth-order valence-electron chi connectivity index (χ4n) is 1.44. The van der Waals surface area contributed by atoms with E-state index >= 15 is 0 Å². The first-order chi connectivity index (χ1) is 8.72. The van der Waals surface area contributed by atoms with Gasteiger partial charge in [-0.3, -0.25) is 0 Å². The molecule has 90 valence electrons. The van der Waals surface area contributed by atoms with Crippen LogP contribution in [0.2, 0.25) is 0 Å². The largest absolute Gasteiger partial charge is 0.497 e. The Balaban J connectivity index is 2.32. The van der Waals surface area contributed by atoms with Gasteiger partial charge >= 0.3 is 0 Å². The van der Waals surface area contributed by atoms with Crippen molar-refractivity contribution >= 4 is 22.6 Å². The van der Waals surface area contributed by atoms with E-state index in [1.807, 2.05) is 24.3 Å². The average Bonchev–Trinajstić information content (AvgIpc) is 2.41. The molecule has 18 heavy (non-hydrogen) atoms. The predicted molar refractivity (Wildman–Crippen MR) is 76.9 cm³/mol. The summed E-state index contributed by atoms with van der Waals surface area (Å²) in [5.74, 6) is 1.85. The van der Waals surface area contributed by atoms with Gasteiger partial charge in [-0.1, -0.05) is 0 Å². The van der Waals surface area contributed by atoms with Gasteiger partial charge < -0.3 is 9.47 Å². The van der Waals surface area contributed by atoms with Gasteiger partial charge in [-0.25, -0.2) is 0 Å². The molecule has 0 aliphatic heterocycles. The van der Waals surface area contributed by atoms with Crippen molar-refractivity contribution in [3.05, 3.63) is 51.6 Å². The highest BCUT2D eigenvalue weighted by Crippen LogP contribution is 2.29. The molecule has 0 radical (unpaired) electrons. The highest BCUT2D eigenvalue weighted by atomic mass is 127. The van der Waals surface area contributed by atoms with Gasteiger partial charge in [0.25, 0.3) is 0 Å². The lowest BCUT2D eigenvalue weighted by atomic mass is 10.2. The van der Waals surface area contributed by atoms with E-state index in [0.717, 1.165) is 3.57 Å². The zero-order chi connectivity index (χ0) is 13.0. The molecule has 0 fully saturated rings. The van der Waals surface area contributed by atoms with Crippen molar-refractivity contribution in [3.63, 3.8) is 0 Å². The molecule has 0 atom stereocenters. The van der Waals surface area contributed by atoms with Crippen molar-refractivity contribution in [2.45, 2.75) is 0 Å². The van der Waals surface area contributed by atoms with Crippen LogP contribution in [0.1, 0.15) is 5.56 Å². The maximum Gasteiger partial charge on any atom is 0.148 e. The number of methoxy groups -OCH3 is 1. The number of ether oxygens (including phenoxy) is 2. The molecule has 0 aliphatic rings. The van der Waals surface area contributed by atoms with Crippen LogP contribution in [0.15, 0.2) is 42.5 Å². The van der Waals surface area contributed by atoms with Gasteiger partial charge in [-0.15, -0.1) is 0 Å². The van der Waals surface area contributed by atoms with Gasteiger partial charge in [0.1, 0.15) is 23.3 Å². The molecule has 0 unspecified atom stereocenters. The molecular formula is C14H10INO2. The summed E-state index contributed by atoms with van der Waals surface area (Å²) in [5, 5.41) is 9.03. The van der Waals surface area contributed by atoms with Gasteiger partial charge in [0.05, 0.1) is 12.7 Å². The SMILES string of the molecule is COc1ccc(C#N)c(Oc2ccc(I)cc2)c1. The third kappa shape index (κ3) is 2.93. The molecular weight excluding hydrogens is 341 g/mol. The molecule has 0 heterocycles. The molecule has 2 aromatic carbocycles. The zero-order valence-electron chi connectivity index (χ0n) is 9.68. The van der Waals surface area contributed by atoms with Crippen LogP contribution < -0.4 is 9.47 Å². The maximum absolute atomic E-state index is 9.03. The van der Waals surface area contributed by atoms with Crippen LogP contribution in [0, 0.1) is 14.9 Å². The lowest BCUT2D eigenvalue weighted by molar-refractivity contribution is 0.409. The second-order valence-corrected chi connectivity index (χ2v) is 4.78. The molecule has 4 heteroatoms. The summed E-state index contributed by atoms with van der Waals surface area (Å²) in [5.41, 5.74) is 0.481. The Kier molecular flexibility index (Phi) is 4.05. The monoisotopic (exact) mass is 351 g/mol. The van der Waals surface area contributed by atoms with Crippen LogP contribution in [0.3, 0.4) is 0 Å². The fourth-order valence-corrected chi connectivity index (χ4v) is 1.80. The first-order valence-electron chi connectivity index (χ1n) is 5.24. The van der Waals surface area contributed by atoms with E-state index in [0.29, 0.717) is 22.8 Å². The Hall–Kier alpha value is -1.74. The van der Waals surface area contributed by atoms with Crippen molar-refractivity contribution in [1.29, 1.82) is 5.26 Å². The first kappa shape index (κ1) is 12.7. The molecule has 0 bridgehead atoms. The number of nitriles is 1. The molecule has 0 spiro atoms. The molecule has 2 rings (SSSR count). The second-order valence-electron chi connectivity index (χ2n) is 3.53. The standard InChI is InChI=1S/C14H10INO2/c1-17-13-5-2-10(9-16)14(8-13)18-12-6-3-11(15)4-7-12/h2-8H,1H3.